The molecule has 0 fully saturated rings. The number of hydrogen-bond acceptors (Lipinski definition) is 4. The minimum Gasteiger partial charge on any atom is -0.476 e. The highest BCUT2D eigenvalue weighted by molar-refractivity contribution is 7.80. The average molecular weight is 239 g/mol. The first-order valence-electron chi connectivity index (χ1n) is 5.14. The number of nitrogens with two attached hydrogens (primary N) is 1. The molecule has 0 bridgehead atoms. The Morgan fingerprint density at radius 3 is 2.75 bits per heavy atom. The van der Waals surface area contributed by atoms with E-state index in [0.717, 1.165) is 6.42 Å². The third kappa shape index (κ3) is 4.10. The molecule has 0 aliphatic rings. The molecule has 0 aromatic carbocycles. The van der Waals surface area contributed by atoms with Crippen LogP contribution >= 0.6 is 12.2 Å². The van der Waals surface area contributed by atoms with Crippen LogP contribution in [0.25, 0.3) is 0 Å². The van der Waals surface area contributed by atoms with E-state index in [1.807, 2.05) is 0 Å². The van der Waals surface area contributed by atoms with Crippen molar-refractivity contribution in [3.8, 4) is 5.88 Å². The average Bonchev–Trinajstić information content (AvgIpc) is 2.16. The topological polar surface area (TPSA) is 61.0 Å². The predicted octanol–water partition coefficient (Wildman–Crippen LogP) is 1.93. The highest BCUT2D eigenvalue weighted by Gasteiger charge is 2.12. The fraction of sp³-hybridized carbons (Fsp3) is 0.545. The fourth-order valence-corrected chi connectivity index (χ4v) is 1.22. The molecular weight excluding hydrogens is 222 g/mol. The van der Waals surface area contributed by atoms with E-state index in [9.17, 15) is 0 Å². The normalized spacial score (nSPS) is 11.2. The number of rotatable bonds is 4. The van der Waals surface area contributed by atoms with E-state index in [2.05, 4.69) is 31.0 Å². The van der Waals surface area contributed by atoms with Gasteiger partial charge in [0, 0.05) is 0 Å². The van der Waals surface area contributed by atoms with Gasteiger partial charge in [0.2, 0.25) is 5.88 Å². The van der Waals surface area contributed by atoms with Crippen molar-refractivity contribution >= 4 is 17.2 Å². The molecule has 16 heavy (non-hydrogen) atoms. The Balaban J connectivity index is 2.64. The van der Waals surface area contributed by atoms with E-state index in [1.165, 1.54) is 0 Å². The minimum absolute atomic E-state index is 0.228. The van der Waals surface area contributed by atoms with Crippen molar-refractivity contribution < 1.29 is 4.74 Å². The van der Waals surface area contributed by atoms with Crippen LogP contribution in [0.4, 0.5) is 0 Å². The number of thiocarbonyl (C=S) groups is 1. The first-order valence-corrected chi connectivity index (χ1v) is 5.55. The lowest BCUT2D eigenvalue weighted by molar-refractivity contribution is 0.234. The van der Waals surface area contributed by atoms with E-state index >= 15 is 0 Å². The smallest absolute Gasteiger partial charge is 0.243 e. The van der Waals surface area contributed by atoms with Crippen molar-refractivity contribution in [1.82, 2.24) is 10.2 Å². The van der Waals surface area contributed by atoms with Crippen LogP contribution in [0.1, 0.15) is 32.8 Å². The van der Waals surface area contributed by atoms with Crippen molar-refractivity contribution in [1.29, 1.82) is 0 Å². The molecule has 1 aromatic rings. The van der Waals surface area contributed by atoms with Gasteiger partial charge in [0.15, 0.2) is 0 Å². The van der Waals surface area contributed by atoms with Gasteiger partial charge in [0.1, 0.15) is 4.99 Å². The van der Waals surface area contributed by atoms with E-state index in [-0.39, 0.29) is 10.4 Å². The van der Waals surface area contributed by atoms with Gasteiger partial charge in [-0.2, -0.15) is 5.10 Å². The second kappa shape index (κ2) is 5.21. The highest BCUT2D eigenvalue weighted by atomic mass is 32.1. The van der Waals surface area contributed by atoms with Gasteiger partial charge in [0.05, 0.1) is 18.4 Å². The van der Waals surface area contributed by atoms with Crippen molar-refractivity contribution in [2.45, 2.75) is 27.2 Å². The molecule has 2 N–H and O–H groups in total. The summed E-state index contributed by atoms with van der Waals surface area (Å²) in [7, 11) is 0. The Labute approximate surface area is 101 Å². The highest BCUT2D eigenvalue weighted by Crippen LogP contribution is 2.20. The third-order valence-corrected chi connectivity index (χ3v) is 2.26. The van der Waals surface area contributed by atoms with Crippen molar-refractivity contribution in [3.63, 3.8) is 0 Å². The molecule has 1 aromatic heterocycles. The van der Waals surface area contributed by atoms with Crippen molar-refractivity contribution in [2.24, 2.45) is 11.1 Å². The summed E-state index contributed by atoms with van der Waals surface area (Å²) in [5, 5.41) is 7.63. The van der Waals surface area contributed by atoms with Crippen LogP contribution in [-0.4, -0.2) is 21.8 Å². The summed E-state index contributed by atoms with van der Waals surface area (Å²) < 4.78 is 5.53. The molecule has 0 aliphatic heterocycles. The summed E-state index contributed by atoms with van der Waals surface area (Å²) >= 11 is 4.90. The van der Waals surface area contributed by atoms with E-state index in [1.54, 1.807) is 12.3 Å². The number of hydrogen-bond donors (Lipinski definition) is 1. The Hall–Kier alpha value is -1.23. The van der Waals surface area contributed by atoms with Gasteiger partial charge in [-0.05, 0) is 17.9 Å². The summed E-state index contributed by atoms with van der Waals surface area (Å²) in [5.41, 5.74) is 6.42. The Kier molecular flexibility index (Phi) is 4.18. The standard InChI is InChI=1S/C11H17N3OS/c1-11(2,3)5-7-15-10-8(9(12)16)4-6-13-14-10/h4,6H,5,7H2,1-3H3,(H2,12,16). The van der Waals surface area contributed by atoms with Gasteiger partial charge in [0.25, 0.3) is 0 Å². The molecule has 4 nitrogen and oxygen atoms in total. The molecule has 0 saturated carbocycles. The number of ether oxygens (including phenoxy) is 1. The van der Waals surface area contributed by atoms with Gasteiger partial charge < -0.3 is 10.5 Å². The van der Waals surface area contributed by atoms with E-state index < -0.39 is 0 Å². The lowest BCUT2D eigenvalue weighted by Crippen LogP contribution is -2.16. The molecule has 0 radical (unpaired) electrons. The number of nitrogens with zero attached hydrogens (tertiary/aromatic N) is 2. The summed E-state index contributed by atoms with van der Waals surface area (Å²) in [6.45, 7) is 7.04. The minimum atomic E-state index is 0.228. The molecule has 0 atom stereocenters. The molecule has 0 unspecified atom stereocenters. The summed E-state index contributed by atoms with van der Waals surface area (Å²) in [6, 6.07) is 1.71. The quantitative estimate of drug-likeness (QED) is 0.813. The van der Waals surface area contributed by atoms with Gasteiger partial charge in [-0.25, -0.2) is 0 Å². The maximum atomic E-state index is 5.56. The van der Waals surface area contributed by atoms with Crippen LogP contribution in [-0.2, 0) is 0 Å². The second-order valence-corrected chi connectivity index (χ2v) is 5.21. The van der Waals surface area contributed by atoms with E-state index in [4.69, 9.17) is 22.7 Å². The number of aromatic nitrogens is 2. The first kappa shape index (κ1) is 12.8. The SMILES string of the molecule is CC(C)(C)CCOc1nnccc1C(N)=S. The van der Waals surface area contributed by atoms with Crippen molar-refractivity contribution in [3.05, 3.63) is 17.8 Å². The maximum absolute atomic E-state index is 5.56. The molecule has 1 rings (SSSR count). The second-order valence-electron chi connectivity index (χ2n) is 4.77. The third-order valence-electron chi connectivity index (χ3n) is 2.04. The maximum Gasteiger partial charge on any atom is 0.243 e. The lowest BCUT2D eigenvalue weighted by atomic mass is 9.93. The Morgan fingerprint density at radius 1 is 1.50 bits per heavy atom. The van der Waals surface area contributed by atoms with Crippen molar-refractivity contribution in [2.75, 3.05) is 6.61 Å². The van der Waals surface area contributed by atoms with Gasteiger partial charge >= 0.3 is 0 Å². The van der Waals surface area contributed by atoms with Gasteiger partial charge in [-0.1, -0.05) is 33.0 Å². The molecule has 0 saturated heterocycles. The zero-order chi connectivity index (χ0) is 12.2. The largest absolute Gasteiger partial charge is 0.476 e. The van der Waals surface area contributed by atoms with Crippen LogP contribution in [0.5, 0.6) is 5.88 Å². The predicted molar refractivity (Wildman–Crippen MR) is 67.5 cm³/mol. The molecular formula is C11H17N3OS. The molecule has 88 valence electrons. The molecule has 0 amide bonds. The van der Waals surface area contributed by atoms with Gasteiger partial charge in [-0.15, -0.1) is 5.10 Å². The molecule has 0 aliphatic carbocycles. The zero-order valence-electron chi connectivity index (χ0n) is 9.86. The summed E-state index contributed by atoms with van der Waals surface area (Å²) in [5.74, 6) is 0.416. The molecule has 0 spiro atoms. The first-order chi connectivity index (χ1) is 7.40. The monoisotopic (exact) mass is 239 g/mol. The van der Waals surface area contributed by atoms with Crippen LogP contribution in [0.15, 0.2) is 12.3 Å². The summed E-state index contributed by atoms with van der Waals surface area (Å²) in [4.78, 5) is 0.278. The molecule has 1 heterocycles. The summed E-state index contributed by atoms with van der Waals surface area (Å²) in [6.07, 6.45) is 2.48. The molecule has 5 heteroatoms. The Morgan fingerprint density at radius 2 is 2.19 bits per heavy atom. The zero-order valence-corrected chi connectivity index (χ0v) is 10.7. The Bertz CT molecular complexity index is 374. The van der Waals surface area contributed by atoms with E-state index in [0.29, 0.717) is 18.1 Å². The van der Waals surface area contributed by atoms with Gasteiger partial charge in [-0.3, -0.25) is 0 Å². The van der Waals surface area contributed by atoms with Crippen LogP contribution < -0.4 is 10.5 Å². The van der Waals surface area contributed by atoms with Crippen LogP contribution in [0.2, 0.25) is 0 Å². The fourth-order valence-electron chi connectivity index (χ4n) is 1.07. The van der Waals surface area contributed by atoms with Crippen LogP contribution in [0.3, 0.4) is 0 Å². The lowest BCUT2D eigenvalue weighted by Gasteiger charge is -2.18. The van der Waals surface area contributed by atoms with Crippen LogP contribution in [0, 0.1) is 5.41 Å².